The van der Waals surface area contributed by atoms with Crippen LogP contribution in [0.4, 0.5) is 34.1 Å². The van der Waals surface area contributed by atoms with Crippen molar-refractivity contribution in [3.63, 3.8) is 0 Å². The van der Waals surface area contributed by atoms with Crippen molar-refractivity contribution in [2.24, 2.45) is 0 Å². The molecule has 0 amide bonds. The minimum Gasteiger partial charge on any atom is -0.311 e. The summed E-state index contributed by atoms with van der Waals surface area (Å²) in [6.07, 6.45) is 2.29. The molecule has 0 saturated carbocycles. The van der Waals surface area contributed by atoms with Gasteiger partial charge in [0.15, 0.2) is 0 Å². The Kier molecular flexibility index (Phi) is 7.95. The molecule has 0 unspecified atom stereocenters. The lowest BCUT2D eigenvalue weighted by Gasteiger charge is -2.45. The normalized spacial score (nSPS) is 18.6. The van der Waals surface area contributed by atoms with E-state index in [0.717, 1.165) is 12.8 Å². The minimum atomic E-state index is 0.00806. The summed E-state index contributed by atoms with van der Waals surface area (Å²) in [5.41, 5.74) is 24.7. The number of rotatable bonds is 3. The van der Waals surface area contributed by atoms with Crippen LogP contribution in [0.5, 0.6) is 0 Å². The van der Waals surface area contributed by atoms with E-state index in [1.165, 1.54) is 101 Å². The van der Waals surface area contributed by atoms with Gasteiger partial charge in [-0.2, -0.15) is 0 Å². The second kappa shape index (κ2) is 12.3. The second-order valence-corrected chi connectivity index (χ2v) is 22.3. The first-order valence-corrected chi connectivity index (χ1v) is 22.1. The van der Waals surface area contributed by atoms with Gasteiger partial charge in [-0.25, -0.2) is 0 Å². The first-order chi connectivity index (χ1) is 27.7. The molecule has 4 aliphatic rings. The second-order valence-electron chi connectivity index (χ2n) is 22.3. The summed E-state index contributed by atoms with van der Waals surface area (Å²) in [7, 11) is 0. The Hall–Kier alpha value is -5.02. The van der Waals surface area contributed by atoms with Crippen LogP contribution in [-0.2, 0) is 27.1 Å². The number of fused-ring (bicyclic) bond motifs is 6. The third-order valence-electron chi connectivity index (χ3n) is 14.7. The maximum absolute atomic E-state index is 2.67. The van der Waals surface area contributed by atoms with Gasteiger partial charge in [-0.15, -0.1) is 0 Å². The predicted octanol–water partition coefficient (Wildman–Crippen LogP) is 13.3. The van der Waals surface area contributed by atoms with Crippen molar-refractivity contribution in [2.75, 3.05) is 9.80 Å². The molecule has 0 saturated heterocycles. The van der Waals surface area contributed by atoms with E-state index in [-0.39, 0.29) is 33.8 Å². The lowest BCUT2D eigenvalue weighted by Crippen LogP contribution is -2.61. The molecule has 0 radical (unpaired) electrons. The van der Waals surface area contributed by atoms with Gasteiger partial charge in [0.1, 0.15) is 0 Å². The van der Waals surface area contributed by atoms with Crippen LogP contribution in [0.1, 0.15) is 128 Å². The van der Waals surface area contributed by atoms with Gasteiger partial charge < -0.3 is 9.80 Å². The van der Waals surface area contributed by atoms with E-state index < -0.39 is 0 Å². The fraction of sp³-hybridized carbons (Fsp3) is 0.357. The van der Waals surface area contributed by atoms with Crippen LogP contribution >= 0.6 is 0 Å². The molecule has 3 heteroatoms. The highest BCUT2D eigenvalue weighted by atomic mass is 15.2. The molecule has 6 aromatic rings. The lowest BCUT2D eigenvalue weighted by atomic mass is 9.33. The average molecular weight is 773 g/mol. The van der Waals surface area contributed by atoms with E-state index in [4.69, 9.17) is 0 Å². The van der Waals surface area contributed by atoms with Gasteiger partial charge in [0.2, 0.25) is 0 Å². The van der Waals surface area contributed by atoms with Gasteiger partial charge in [0.25, 0.3) is 6.71 Å². The van der Waals surface area contributed by atoms with Crippen molar-refractivity contribution in [1.29, 1.82) is 0 Å². The Bertz CT molecular complexity index is 2740. The summed E-state index contributed by atoms with van der Waals surface area (Å²) in [5, 5.41) is 0. The molecule has 0 atom stereocenters. The molecule has 2 heterocycles. The molecule has 2 aliphatic heterocycles. The molecule has 0 aromatic heterocycles. The van der Waals surface area contributed by atoms with Gasteiger partial charge in [-0.3, -0.25) is 0 Å². The summed E-state index contributed by atoms with van der Waals surface area (Å²) in [6, 6.07) is 43.1. The molecular weight excluding hydrogens is 711 g/mol. The lowest BCUT2D eigenvalue weighted by molar-refractivity contribution is 0.403. The van der Waals surface area contributed by atoms with Gasteiger partial charge >= 0.3 is 0 Å². The van der Waals surface area contributed by atoms with Gasteiger partial charge in [0, 0.05) is 34.1 Å². The Morgan fingerprint density at radius 2 is 1.07 bits per heavy atom. The van der Waals surface area contributed by atoms with E-state index >= 15 is 0 Å². The van der Waals surface area contributed by atoms with E-state index in [1.54, 1.807) is 0 Å². The first kappa shape index (κ1) is 38.2. The maximum atomic E-state index is 2.67. The Balaban J connectivity index is 1.32. The van der Waals surface area contributed by atoms with Crippen LogP contribution in [-0.4, -0.2) is 6.71 Å². The quantitative estimate of drug-likeness (QED) is 0.165. The fourth-order valence-corrected chi connectivity index (χ4v) is 12.4. The van der Waals surface area contributed by atoms with Gasteiger partial charge in [0.05, 0.1) is 0 Å². The largest absolute Gasteiger partial charge is 0.311 e. The van der Waals surface area contributed by atoms with Crippen molar-refractivity contribution in [3.8, 4) is 11.1 Å². The monoisotopic (exact) mass is 772 g/mol. The SMILES string of the molecule is Cc1cc2c3c(c1)N(c1cc(C(C)(C)C)ccc1C)c1cc(-c4ccccc4)ccc1B3c1cc3c(cc1N2c1ccc2c(c1)C(C)(C)CC2(C)C)C(C)(C)CC3(C)C. The molecule has 10 rings (SSSR count). The zero-order chi connectivity index (χ0) is 41.8. The minimum absolute atomic E-state index is 0.00806. The number of anilines is 6. The average Bonchev–Trinajstić information content (AvgIpc) is 3.47. The first-order valence-electron chi connectivity index (χ1n) is 22.1. The highest BCUT2D eigenvalue weighted by molar-refractivity contribution is 7.00. The molecule has 59 heavy (non-hydrogen) atoms. The van der Waals surface area contributed by atoms with Crippen molar-refractivity contribution in [1.82, 2.24) is 0 Å². The van der Waals surface area contributed by atoms with Crippen LogP contribution in [0, 0.1) is 13.8 Å². The van der Waals surface area contributed by atoms with E-state index in [9.17, 15) is 0 Å². The number of hydrogen-bond donors (Lipinski definition) is 0. The number of aryl methyl sites for hydroxylation is 2. The zero-order valence-electron chi connectivity index (χ0n) is 37.8. The molecule has 2 aliphatic carbocycles. The van der Waals surface area contributed by atoms with Crippen LogP contribution in [0.15, 0.2) is 109 Å². The van der Waals surface area contributed by atoms with E-state index in [1.807, 2.05) is 0 Å². The summed E-state index contributed by atoms with van der Waals surface area (Å²) in [4.78, 5) is 5.30. The standard InChI is InChI=1S/C56H61BN2/c1-34-25-49-51-50(26-34)59(46-28-38(52(3,4)5)21-19-35(46)2)47-27-37(36-17-15-14-16-18-36)20-24-44(47)57(51)45-30-42-43(56(12,13)33-55(42,10)11)31-48(45)58(49)39-22-23-40-41(29-39)54(8,9)32-53(40,6)7/h14-31H,32-33H2,1-13H3. The Labute approximate surface area is 354 Å². The van der Waals surface area contributed by atoms with Crippen LogP contribution in [0.2, 0.25) is 0 Å². The fourth-order valence-electron chi connectivity index (χ4n) is 12.4. The molecule has 0 spiro atoms. The number of nitrogens with zero attached hydrogens (tertiary/aromatic N) is 2. The van der Waals surface area contributed by atoms with Crippen molar-refractivity contribution >= 4 is 57.2 Å². The number of hydrogen-bond acceptors (Lipinski definition) is 2. The van der Waals surface area contributed by atoms with Crippen molar-refractivity contribution in [3.05, 3.63) is 148 Å². The summed E-state index contributed by atoms with van der Waals surface area (Å²) in [5.74, 6) is 0. The van der Waals surface area contributed by atoms with Crippen LogP contribution < -0.4 is 26.2 Å². The predicted molar refractivity (Wildman–Crippen MR) is 255 cm³/mol. The third-order valence-corrected chi connectivity index (χ3v) is 14.7. The third kappa shape index (κ3) is 5.66. The van der Waals surface area contributed by atoms with E-state index in [2.05, 4.69) is 209 Å². The highest BCUT2D eigenvalue weighted by Crippen LogP contribution is 2.55. The van der Waals surface area contributed by atoms with Crippen LogP contribution in [0.25, 0.3) is 11.1 Å². The topological polar surface area (TPSA) is 6.48 Å². The molecule has 2 nitrogen and oxygen atoms in total. The maximum Gasteiger partial charge on any atom is 0.252 e. The molecule has 0 bridgehead atoms. The number of benzene rings is 6. The molecular formula is C56H61BN2. The van der Waals surface area contributed by atoms with Crippen LogP contribution in [0.3, 0.4) is 0 Å². The Morgan fingerprint density at radius 3 is 1.73 bits per heavy atom. The van der Waals surface area contributed by atoms with Crippen molar-refractivity contribution in [2.45, 2.75) is 130 Å². The molecule has 6 aromatic carbocycles. The van der Waals surface area contributed by atoms with Crippen molar-refractivity contribution < 1.29 is 0 Å². The van der Waals surface area contributed by atoms with E-state index in [0.29, 0.717) is 0 Å². The smallest absolute Gasteiger partial charge is 0.252 e. The van der Waals surface area contributed by atoms with Gasteiger partial charge in [-0.05, 0) is 163 Å². The summed E-state index contributed by atoms with van der Waals surface area (Å²) in [6.45, 7) is 31.3. The highest BCUT2D eigenvalue weighted by Gasteiger charge is 2.49. The Morgan fingerprint density at radius 1 is 0.475 bits per heavy atom. The molecule has 0 N–H and O–H groups in total. The molecule has 0 fully saturated rings. The summed E-state index contributed by atoms with van der Waals surface area (Å²) < 4.78 is 0. The molecule has 298 valence electrons. The summed E-state index contributed by atoms with van der Waals surface area (Å²) >= 11 is 0. The zero-order valence-corrected chi connectivity index (χ0v) is 37.8. The van der Waals surface area contributed by atoms with Gasteiger partial charge in [-0.1, -0.05) is 143 Å².